The highest BCUT2D eigenvalue weighted by Gasteiger charge is 2.39. The summed E-state index contributed by atoms with van der Waals surface area (Å²) in [5, 5.41) is 0.386. The fourth-order valence-corrected chi connectivity index (χ4v) is 2.28. The van der Waals surface area contributed by atoms with Gasteiger partial charge in [0, 0.05) is 0 Å². The quantitative estimate of drug-likeness (QED) is 0.709. The standard InChI is InChI=1S/C14H13ClO/c1-3-9(2)11-12(13(15)14(11)16)10-7-5-4-6-8-10/h3-8,11H,1-2H3/b9-3+. The maximum Gasteiger partial charge on any atom is 0.186 e. The maximum atomic E-state index is 11.7. The molecule has 1 atom stereocenters. The van der Waals surface area contributed by atoms with E-state index >= 15 is 0 Å². The van der Waals surface area contributed by atoms with E-state index in [9.17, 15) is 4.79 Å². The first-order valence-corrected chi connectivity index (χ1v) is 5.66. The van der Waals surface area contributed by atoms with E-state index in [1.54, 1.807) is 0 Å². The second-order valence-electron chi connectivity index (χ2n) is 3.92. The molecular formula is C14H13ClO. The zero-order chi connectivity index (χ0) is 11.7. The third-order valence-electron chi connectivity index (χ3n) is 3.00. The van der Waals surface area contributed by atoms with Crippen LogP contribution < -0.4 is 0 Å². The Morgan fingerprint density at radius 2 is 1.94 bits per heavy atom. The Morgan fingerprint density at radius 1 is 1.31 bits per heavy atom. The third kappa shape index (κ3) is 1.61. The number of Topliss-reactive ketones (excluding diaryl/α,β-unsaturated/α-hetero) is 1. The molecule has 0 radical (unpaired) electrons. The molecule has 82 valence electrons. The lowest BCUT2D eigenvalue weighted by Crippen LogP contribution is -2.28. The van der Waals surface area contributed by atoms with Gasteiger partial charge in [0.15, 0.2) is 5.78 Å². The molecule has 0 bridgehead atoms. The molecule has 1 aliphatic carbocycles. The van der Waals surface area contributed by atoms with Gasteiger partial charge in [0.05, 0.1) is 11.0 Å². The van der Waals surface area contributed by atoms with E-state index in [0.717, 1.165) is 16.7 Å². The molecule has 0 amide bonds. The summed E-state index contributed by atoms with van der Waals surface area (Å²) >= 11 is 6.00. The molecule has 0 N–H and O–H groups in total. The maximum absolute atomic E-state index is 11.7. The highest BCUT2D eigenvalue weighted by molar-refractivity contribution is 6.51. The number of benzene rings is 1. The third-order valence-corrected chi connectivity index (χ3v) is 3.39. The Bertz CT molecular complexity index is 483. The number of ketones is 1. The van der Waals surface area contributed by atoms with Crippen molar-refractivity contribution in [1.82, 2.24) is 0 Å². The van der Waals surface area contributed by atoms with Gasteiger partial charge in [0.2, 0.25) is 0 Å². The first-order chi connectivity index (χ1) is 7.66. The lowest BCUT2D eigenvalue weighted by Gasteiger charge is -2.30. The summed E-state index contributed by atoms with van der Waals surface area (Å²) in [6, 6.07) is 9.84. The SMILES string of the molecule is C/C=C(\C)C1C(=O)C(Cl)=C1c1ccccc1. The average molecular weight is 233 g/mol. The molecular weight excluding hydrogens is 220 g/mol. The second-order valence-corrected chi connectivity index (χ2v) is 4.30. The molecule has 1 aromatic rings. The number of carbonyl (C=O) groups excluding carboxylic acids is 1. The molecule has 1 aliphatic rings. The van der Waals surface area contributed by atoms with E-state index < -0.39 is 0 Å². The van der Waals surface area contributed by atoms with Crippen molar-refractivity contribution in [1.29, 1.82) is 0 Å². The van der Waals surface area contributed by atoms with Gasteiger partial charge < -0.3 is 0 Å². The molecule has 1 unspecified atom stereocenters. The molecule has 2 rings (SSSR count). The van der Waals surface area contributed by atoms with Crippen LogP contribution in [0.2, 0.25) is 0 Å². The number of allylic oxidation sites excluding steroid dienone is 4. The molecule has 0 spiro atoms. The molecule has 0 fully saturated rings. The summed E-state index contributed by atoms with van der Waals surface area (Å²) in [7, 11) is 0. The molecule has 0 aliphatic heterocycles. The van der Waals surface area contributed by atoms with Crippen molar-refractivity contribution in [2.75, 3.05) is 0 Å². The van der Waals surface area contributed by atoms with Crippen molar-refractivity contribution in [3.8, 4) is 0 Å². The summed E-state index contributed by atoms with van der Waals surface area (Å²) in [6.45, 7) is 3.91. The summed E-state index contributed by atoms with van der Waals surface area (Å²) < 4.78 is 0. The van der Waals surface area contributed by atoms with Crippen molar-refractivity contribution in [2.45, 2.75) is 13.8 Å². The highest BCUT2D eigenvalue weighted by atomic mass is 35.5. The largest absolute Gasteiger partial charge is 0.292 e. The Hall–Kier alpha value is -1.34. The zero-order valence-corrected chi connectivity index (χ0v) is 10.1. The van der Waals surface area contributed by atoms with Gasteiger partial charge in [-0.25, -0.2) is 0 Å². The summed E-state index contributed by atoms with van der Waals surface area (Å²) in [4.78, 5) is 11.7. The van der Waals surface area contributed by atoms with E-state index in [2.05, 4.69) is 0 Å². The van der Waals surface area contributed by atoms with Crippen LogP contribution in [0.4, 0.5) is 0 Å². The van der Waals surface area contributed by atoms with Gasteiger partial charge in [-0.05, 0) is 25.0 Å². The molecule has 0 aromatic heterocycles. The van der Waals surface area contributed by atoms with E-state index in [1.807, 2.05) is 50.3 Å². The Kier molecular flexibility index (Phi) is 2.97. The van der Waals surface area contributed by atoms with Crippen LogP contribution in [0, 0.1) is 5.92 Å². The van der Waals surface area contributed by atoms with Crippen LogP contribution in [-0.2, 0) is 4.79 Å². The Morgan fingerprint density at radius 3 is 2.50 bits per heavy atom. The molecule has 1 nitrogen and oxygen atoms in total. The van der Waals surface area contributed by atoms with Crippen LogP contribution in [0.3, 0.4) is 0 Å². The monoisotopic (exact) mass is 232 g/mol. The van der Waals surface area contributed by atoms with Crippen molar-refractivity contribution < 1.29 is 4.79 Å². The van der Waals surface area contributed by atoms with Crippen molar-refractivity contribution in [3.63, 3.8) is 0 Å². The molecule has 1 aromatic carbocycles. The van der Waals surface area contributed by atoms with E-state index in [4.69, 9.17) is 11.6 Å². The molecule has 16 heavy (non-hydrogen) atoms. The molecule has 0 saturated carbocycles. The van der Waals surface area contributed by atoms with Crippen molar-refractivity contribution in [3.05, 3.63) is 52.6 Å². The van der Waals surface area contributed by atoms with Crippen LogP contribution >= 0.6 is 11.6 Å². The van der Waals surface area contributed by atoms with Gasteiger partial charge in [0.1, 0.15) is 0 Å². The predicted octanol–water partition coefficient (Wildman–Crippen LogP) is 3.80. The van der Waals surface area contributed by atoms with Gasteiger partial charge >= 0.3 is 0 Å². The van der Waals surface area contributed by atoms with E-state index in [0.29, 0.717) is 5.03 Å². The fourth-order valence-electron chi connectivity index (χ4n) is 1.95. The minimum Gasteiger partial charge on any atom is -0.292 e. The number of hydrogen-bond donors (Lipinski definition) is 0. The van der Waals surface area contributed by atoms with E-state index in [1.165, 1.54) is 0 Å². The first kappa shape index (κ1) is 11.2. The predicted molar refractivity (Wildman–Crippen MR) is 67.1 cm³/mol. The summed E-state index contributed by atoms with van der Waals surface area (Å²) in [6.07, 6.45) is 1.97. The lowest BCUT2D eigenvalue weighted by molar-refractivity contribution is -0.117. The second kappa shape index (κ2) is 4.26. The Labute approximate surface area is 100 Å². The van der Waals surface area contributed by atoms with Gasteiger partial charge in [-0.2, -0.15) is 0 Å². The van der Waals surface area contributed by atoms with Gasteiger partial charge in [0.25, 0.3) is 0 Å². The minimum absolute atomic E-state index is 0.0381. The summed E-state index contributed by atoms with van der Waals surface area (Å²) in [5.74, 6) is -0.101. The van der Waals surface area contributed by atoms with E-state index in [-0.39, 0.29) is 11.7 Å². The van der Waals surface area contributed by atoms with Crippen LogP contribution in [0.1, 0.15) is 19.4 Å². The molecule has 0 heterocycles. The molecule has 2 heteroatoms. The topological polar surface area (TPSA) is 17.1 Å². The number of hydrogen-bond acceptors (Lipinski definition) is 1. The van der Waals surface area contributed by atoms with Gasteiger partial charge in [-0.3, -0.25) is 4.79 Å². The normalized spacial score (nSPS) is 21.1. The number of carbonyl (C=O) groups is 1. The van der Waals surface area contributed by atoms with Gasteiger partial charge in [-0.1, -0.05) is 53.6 Å². The number of halogens is 1. The highest BCUT2D eigenvalue weighted by Crippen LogP contribution is 2.44. The average Bonchev–Trinajstić information content (AvgIpc) is 2.34. The van der Waals surface area contributed by atoms with Crippen molar-refractivity contribution >= 4 is 23.0 Å². The van der Waals surface area contributed by atoms with Crippen LogP contribution in [-0.4, -0.2) is 5.78 Å². The van der Waals surface area contributed by atoms with Crippen LogP contribution in [0.15, 0.2) is 47.0 Å². The number of rotatable bonds is 2. The lowest BCUT2D eigenvalue weighted by atomic mass is 9.75. The minimum atomic E-state index is -0.139. The summed E-state index contributed by atoms with van der Waals surface area (Å²) in [5.41, 5.74) is 3.06. The zero-order valence-electron chi connectivity index (χ0n) is 9.33. The smallest absolute Gasteiger partial charge is 0.186 e. The fraction of sp³-hybridized carbons (Fsp3) is 0.214. The molecule has 0 saturated heterocycles. The first-order valence-electron chi connectivity index (χ1n) is 5.29. The van der Waals surface area contributed by atoms with Crippen LogP contribution in [0.25, 0.3) is 5.57 Å². The van der Waals surface area contributed by atoms with Gasteiger partial charge in [-0.15, -0.1) is 0 Å². The van der Waals surface area contributed by atoms with Crippen molar-refractivity contribution in [2.24, 2.45) is 5.92 Å². The Balaban J connectivity index is 2.45. The van der Waals surface area contributed by atoms with Crippen LogP contribution in [0.5, 0.6) is 0 Å².